The van der Waals surface area contributed by atoms with Crippen molar-refractivity contribution in [1.29, 1.82) is 0 Å². The first kappa shape index (κ1) is 19.9. The highest BCUT2D eigenvalue weighted by atomic mass is 16.5. The van der Waals surface area contributed by atoms with Crippen molar-refractivity contribution in [1.82, 2.24) is 15.1 Å². The molecule has 0 spiro atoms. The molecule has 2 aromatic rings. The highest BCUT2D eigenvalue weighted by molar-refractivity contribution is 5.95. The number of benzene rings is 1. The van der Waals surface area contributed by atoms with E-state index >= 15 is 0 Å². The molecule has 3 rings (SSSR count). The average molecular weight is 385 g/mol. The van der Waals surface area contributed by atoms with Gasteiger partial charge in [0, 0.05) is 18.8 Å². The normalized spacial score (nSPS) is 15.9. The lowest BCUT2D eigenvalue weighted by Crippen LogP contribution is -2.48. The van der Waals surface area contributed by atoms with E-state index in [-0.39, 0.29) is 11.9 Å². The minimum absolute atomic E-state index is 0.0480. The Morgan fingerprint density at radius 3 is 2.43 bits per heavy atom. The monoisotopic (exact) mass is 385 g/mol. The second kappa shape index (κ2) is 8.46. The average Bonchev–Trinajstić information content (AvgIpc) is 3.14. The number of nitrogens with one attached hydrogen (secondary N) is 1. The zero-order chi connectivity index (χ0) is 20.1. The van der Waals surface area contributed by atoms with Gasteiger partial charge in [0.05, 0.1) is 30.9 Å². The number of esters is 1. The Kier molecular flexibility index (Phi) is 6.02. The Morgan fingerprint density at radius 1 is 1.21 bits per heavy atom. The van der Waals surface area contributed by atoms with Crippen LogP contribution in [-0.4, -0.2) is 53.8 Å². The van der Waals surface area contributed by atoms with Crippen molar-refractivity contribution < 1.29 is 19.1 Å². The molecule has 28 heavy (non-hydrogen) atoms. The van der Waals surface area contributed by atoms with Crippen molar-refractivity contribution in [2.24, 2.45) is 5.41 Å². The number of hydrogen-bond donors (Lipinski definition) is 1. The molecule has 0 bridgehead atoms. The van der Waals surface area contributed by atoms with Crippen molar-refractivity contribution in [3.8, 4) is 5.75 Å². The summed E-state index contributed by atoms with van der Waals surface area (Å²) in [5.41, 5.74) is 1.77. The second-order valence-corrected chi connectivity index (χ2v) is 7.23. The smallest absolute Gasteiger partial charge is 0.312 e. The van der Waals surface area contributed by atoms with Crippen LogP contribution in [0.25, 0.3) is 0 Å². The van der Waals surface area contributed by atoms with E-state index in [1.807, 2.05) is 38.1 Å². The summed E-state index contributed by atoms with van der Waals surface area (Å²) < 4.78 is 10.6. The minimum atomic E-state index is -0.618. The molecule has 0 saturated carbocycles. The minimum Gasteiger partial charge on any atom is -0.497 e. The van der Waals surface area contributed by atoms with Crippen molar-refractivity contribution in [3.63, 3.8) is 0 Å². The van der Waals surface area contributed by atoms with E-state index in [0.717, 1.165) is 17.0 Å². The SMILES string of the molecule is CCOC(=O)C1(Cc2ccc(OC)cc2)CCN(C(=O)c2cn[nH]c2C)CC1. The molecule has 2 heterocycles. The number of methoxy groups -OCH3 is 1. The number of aromatic nitrogens is 2. The maximum absolute atomic E-state index is 12.8. The Morgan fingerprint density at radius 2 is 1.89 bits per heavy atom. The van der Waals surface area contributed by atoms with Gasteiger partial charge in [-0.05, 0) is 50.8 Å². The fraction of sp³-hybridized carbons (Fsp3) is 0.476. The number of H-pyrrole nitrogens is 1. The lowest BCUT2D eigenvalue weighted by Gasteiger charge is -2.40. The Hall–Kier alpha value is -2.83. The number of ether oxygens (including phenoxy) is 2. The number of aryl methyl sites for hydroxylation is 1. The summed E-state index contributed by atoms with van der Waals surface area (Å²) in [6.45, 7) is 5.02. The number of likely N-dealkylation sites (tertiary alicyclic amines) is 1. The van der Waals surface area contributed by atoms with E-state index in [4.69, 9.17) is 9.47 Å². The molecule has 0 atom stereocenters. The quantitative estimate of drug-likeness (QED) is 0.773. The van der Waals surface area contributed by atoms with Gasteiger partial charge in [-0.3, -0.25) is 14.7 Å². The summed E-state index contributed by atoms with van der Waals surface area (Å²) in [7, 11) is 1.63. The number of carbonyl (C=O) groups excluding carboxylic acids is 2. The van der Waals surface area contributed by atoms with Crippen molar-refractivity contribution in [2.75, 3.05) is 26.8 Å². The van der Waals surface area contributed by atoms with Crippen LogP contribution in [0.1, 0.15) is 41.4 Å². The van der Waals surface area contributed by atoms with Gasteiger partial charge < -0.3 is 14.4 Å². The Labute approximate surface area is 165 Å². The van der Waals surface area contributed by atoms with E-state index in [1.165, 1.54) is 0 Å². The molecule has 1 aliphatic heterocycles. The molecular weight excluding hydrogens is 358 g/mol. The molecule has 1 aliphatic rings. The molecule has 1 aromatic heterocycles. The molecular formula is C21H27N3O4. The van der Waals surface area contributed by atoms with Gasteiger partial charge in [-0.2, -0.15) is 5.10 Å². The third kappa shape index (κ3) is 4.03. The van der Waals surface area contributed by atoms with Crippen LogP contribution in [0.5, 0.6) is 5.75 Å². The van der Waals surface area contributed by atoms with Crippen LogP contribution >= 0.6 is 0 Å². The van der Waals surface area contributed by atoms with Gasteiger partial charge in [0.1, 0.15) is 5.75 Å². The van der Waals surface area contributed by atoms with Crippen molar-refractivity contribution in [2.45, 2.75) is 33.1 Å². The standard InChI is InChI=1S/C21H27N3O4/c1-4-28-20(26)21(13-16-5-7-17(27-3)8-6-16)9-11-24(12-10-21)19(25)18-14-22-23-15(18)2/h5-8,14H,4,9-13H2,1-3H3,(H,22,23). The van der Waals surface area contributed by atoms with Gasteiger partial charge in [-0.15, -0.1) is 0 Å². The first-order valence-corrected chi connectivity index (χ1v) is 9.58. The molecule has 1 amide bonds. The highest BCUT2D eigenvalue weighted by Crippen LogP contribution is 2.37. The fourth-order valence-corrected chi connectivity index (χ4v) is 3.75. The first-order valence-electron chi connectivity index (χ1n) is 9.58. The predicted molar refractivity (Wildman–Crippen MR) is 104 cm³/mol. The predicted octanol–water partition coefficient (Wildman–Crippen LogP) is 2.75. The molecule has 0 radical (unpaired) electrons. The summed E-state index contributed by atoms with van der Waals surface area (Å²) in [4.78, 5) is 27.4. The topological polar surface area (TPSA) is 84.5 Å². The van der Waals surface area contributed by atoms with E-state index in [0.29, 0.717) is 44.5 Å². The third-order valence-corrected chi connectivity index (χ3v) is 5.48. The molecule has 1 N–H and O–H groups in total. The van der Waals surface area contributed by atoms with E-state index in [1.54, 1.807) is 18.2 Å². The molecule has 1 saturated heterocycles. The van der Waals surface area contributed by atoms with Crippen LogP contribution in [0.4, 0.5) is 0 Å². The van der Waals surface area contributed by atoms with Crippen LogP contribution in [-0.2, 0) is 16.0 Å². The van der Waals surface area contributed by atoms with Crippen LogP contribution in [0.15, 0.2) is 30.5 Å². The number of amides is 1. The maximum atomic E-state index is 12.8. The summed E-state index contributed by atoms with van der Waals surface area (Å²) in [5.74, 6) is 0.551. The van der Waals surface area contributed by atoms with E-state index in [9.17, 15) is 9.59 Å². The number of nitrogens with zero attached hydrogens (tertiary/aromatic N) is 2. The van der Waals surface area contributed by atoms with Gasteiger partial charge in [-0.1, -0.05) is 12.1 Å². The molecule has 150 valence electrons. The maximum Gasteiger partial charge on any atom is 0.312 e. The van der Waals surface area contributed by atoms with Gasteiger partial charge in [0.15, 0.2) is 0 Å². The molecule has 1 aromatic carbocycles. The number of piperidine rings is 1. The zero-order valence-corrected chi connectivity index (χ0v) is 16.7. The van der Waals surface area contributed by atoms with Crippen molar-refractivity contribution in [3.05, 3.63) is 47.3 Å². The molecule has 0 aliphatic carbocycles. The summed E-state index contributed by atoms with van der Waals surface area (Å²) >= 11 is 0. The lowest BCUT2D eigenvalue weighted by molar-refractivity contribution is -0.158. The van der Waals surface area contributed by atoms with Crippen LogP contribution in [0.2, 0.25) is 0 Å². The Bertz CT molecular complexity index is 820. The first-order chi connectivity index (χ1) is 13.5. The zero-order valence-electron chi connectivity index (χ0n) is 16.7. The van der Waals surface area contributed by atoms with Gasteiger partial charge in [-0.25, -0.2) is 0 Å². The molecule has 7 heteroatoms. The molecule has 0 unspecified atom stereocenters. The largest absolute Gasteiger partial charge is 0.497 e. The van der Waals surface area contributed by atoms with Crippen LogP contribution < -0.4 is 4.74 Å². The second-order valence-electron chi connectivity index (χ2n) is 7.23. The highest BCUT2D eigenvalue weighted by Gasteiger charge is 2.43. The number of carbonyl (C=O) groups is 2. The molecule has 1 fully saturated rings. The van der Waals surface area contributed by atoms with Gasteiger partial charge >= 0.3 is 5.97 Å². The summed E-state index contributed by atoms with van der Waals surface area (Å²) in [5, 5.41) is 6.73. The van der Waals surface area contributed by atoms with Crippen LogP contribution in [0.3, 0.4) is 0 Å². The number of aromatic amines is 1. The van der Waals surface area contributed by atoms with Gasteiger partial charge in [0.25, 0.3) is 5.91 Å². The fourth-order valence-electron chi connectivity index (χ4n) is 3.75. The van der Waals surface area contributed by atoms with E-state index in [2.05, 4.69) is 10.2 Å². The summed E-state index contributed by atoms with van der Waals surface area (Å²) in [6, 6.07) is 7.75. The third-order valence-electron chi connectivity index (χ3n) is 5.48. The summed E-state index contributed by atoms with van der Waals surface area (Å²) in [6.07, 6.45) is 3.28. The number of hydrogen-bond acceptors (Lipinski definition) is 5. The van der Waals surface area contributed by atoms with Crippen molar-refractivity contribution >= 4 is 11.9 Å². The van der Waals surface area contributed by atoms with Gasteiger partial charge in [0.2, 0.25) is 0 Å². The molecule has 7 nitrogen and oxygen atoms in total. The number of rotatable bonds is 6. The van der Waals surface area contributed by atoms with Crippen LogP contribution in [0, 0.1) is 12.3 Å². The van der Waals surface area contributed by atoms with E-state index < -0.39 is 5.41 Å². The lowest BCUT2D eigenvalue weighted by atomic mass is 9.73. The Balaban J connectivity index is 1.75.